The van der Waals surface area contributed by atoms with Crippen LogP contribution in [-0.4, -0.2) is 26.2 Å². The first-order valence-corrected chi connectivity index (χ1v) is 6.16. The van der Waals surface area contributed by atoms with Crippen molar-refractivity contribution >= 4 is 39.7 Å². The summed E-state index contributed by atoms with van der Waals surface area (Å²) in [5, 5.41) is 0.846. The maximum Gasteiger partial charge on any atom is 0.420 e. The van der Waals surface area contributed by atoms with Gasteiger partial charge in [-0.2, -0.15) is 0 Å². The topological polar surface area (TPSA) is 57.0 Å². The summed E-state index contributed by atoms with van der Waals surface area (Å²) in [6, 6.07) is 0. The third-order valence-corrected chi connectivity index (χ3v) is 2.87. The molecule has 0 aromatic carbocycles. The van der Waals surface area contributed by atoms with Gasteiger partial charge < -0.3 is 4.74 Å². The van der Waals surface area contributed by atoms with Crippen LogP contribution in [0.2, 0.25) is 0 Å². The van der Waals surface area contributed by atoms with Gasteiger partial charge in [0.1, 0.15) is 11.9 Å². The lowest BCUT2D eigenvalue weighted by Gasteiger charge is -2.19. The highest BCUT2D eigenvalue weighted by atomic mass is 127. The second kappa shape index (κ2) is 4.25. The molecule has 0 aliphatic rings. The van der Waals surface area contributed by atoms with Crippen molar-refractivity contribution < 1.29 is 9.53 Å². The van der Waals surface area contributed by atoms with Gasteiger partial charge in [0.05, 0.1) is 5.39 Å². The zero-order valence-electron chi connectivity index (χ0n) is 9.77. The second-order valence-corrected chi connectivity index (χ2v) is 5.75. The van der Waals surface area contributed by atoms with Gasteiger partial charge in [-0.25, -0.2) is 19.3 Å². The molecule has 0 N–H and O–H groups in total. The number of rotatable bonds is 0. The summed E-state index contributed by atoms with van der Waals surface area (Å²) in [5.74, 6) is 0. The number of fused-ring (bicyclic) bond motifs is 1. The van der Waals surface area contributed by atoms with Gasteiger partial charge in [-0.05, 0) is 43.4 Å². The van der Waals surface area contributed by atoms with Crippen molar-refractivity contribution in [1.29, 1.82) is 0 Å². The molecule has 2 aromatic rings. The molecular weight excluding hydrogens is 333 g/mol. The van der Waals surface area contributed by atoms with Crippen LogP contribution in [0.5, 0.6) is 0 Å². The first-order valence-electron chi connectivity index (χ1n) is 5.08. The van der Waals surface area contributed by atoms with Crippen molar-refractivity contribution in [2.75, 3.05) is 0 Å². The standard InChI is InChI=1S/C11H12IN3O2/c1-11(2,3)17-10(16)15-5-8(12)7-4-13-6-14-9(7)15/h4-6H,1-3H3. The van der Waals surface area contributed by atoms with E-state index < -0.39 is 11.7 Å². The Morgan fingerprint density at radius 2 is 2.18 bits per heavy atom. The van der Waals surface area contributed by atoms with E-state index in [4.69, 9.17) is 4.74 Å². The number of hydrogen-bond acceptors (Lipinski definition) is 4. The number of hydrogen-bond donors (Lipinski definition) is 0. The molecule has 2 rings (SSSR count). The van der Waals surface area contributed by atoms with E-state index in [1.54, 1.807) is 12.4 Å². The highest BCUT2D eigenvalue weighted by molar-refractivity contribution is 14.1. The Bertz CT molecular complexity index is 572. The normalized spacial score (nSPS) is 11.8. The number of nitrogens with zero attached hydrogens (tertiary/aromatic N) is 3. The third-order valence-electron chi connectivity index (χ3n) is 2.01. The zero-order valence-corrected chi connectivity index (χ0v) is 11.9. The Balaban J connectivity index is 2.46. The Kier molecular flexibility index (Phi) is 3.07. The quantitative estimate of drug-likeness (QED) is 0.689. The van der Waals surface area contributed by atoms with E-state index in [0.29, 0.717) is 5.65 Å². The van der Waals surface area contributed by atoms with E-state index in [9.17, 15) is 4.79 Å². The molecule has 2 heterocycles. The van der Waals surface area contributed by atoms with Crippen molar-refractivity contribution in [3.63, 3.8) is 0 Å². The summed E-state index contributed by atoms with van der Waals surface area (Å²) in [4.78, 5) is 20.0. The van der Waals surface area contributed by atoms with Crippen molar-refractivity contribution in [1.82, 2.24) is 14.5 Å². The van der Waals surface area contributed by atoms with Crippen molar-refractivity contribution in [2.24, 2.45) is 0 Å². The Morgan fingerprint density at radius 3 is 2.82 bits per heavy atom. The van der Waals surface area contributed by atoms with Crippen LogP contribution in [0.4, 0.5) is 4.79 Å². The second-order valence-electron chi connectivity index (χ2n) is 4.59. The van der Waals surface area contributed by atoms with Gasteiger partial charge in [0.25, 0.3) is 0 Å². The molecule has 90 valence electrons. The molecule has 0 atom stereocenters. The van der Waals surface area contributed by atoms with Gasteiger partial charge in [0.2, 0.25) is 0 Å². The summed E-state index contributed by atoms with van der Waals surface area (Å²) in [6.07, 6.45) is 4.38. The first kappa shape index (κ1) is 12.3. The molecule has 0 aliphatic carbocycles. The molecule has 0 saturated carbocycles. The molecule has 0 amide bonds. The molecule has 5 nitrogen and oxygen atoms in total. The van der Waals surface area contributed by atoms with Gasteiger partial charge >= 0.3 is 6.09 Å². The van der Waals surface area contributed by atoms with Crippen LogP contribution in [0.25, 0.3) is 11.0 Å². The molecule has 2 aromatic heterocycles. The van der Waals surface area contributed by atoms with Gasteiger partial charge in [-0.15, -0.1) is 0 Å². The van der Waals surface area contributed by atoms with Crippen LogP contribution in [0.15, 0.2) is 18.7 Å². The number of carbonyl (C=O) groups is 1. The fourth-order valence-electron chi connectivity index (χ4n) is 1.38. The average Bonchev–Trinajstić information content (AvgIpc) is 2.55. The van der Waals surface area contributed by atoms with Crippen molar-refractivity contribution in [2.45, 2.75) is 26.4 Å². The predicted octanol–water partition coefficient (Wildman–Crippen LogP) is 2.82. The minimum absolute atomic E-state index is 0.427. The molecule has 0 saturated heterocycles. The van der Waals surface area contributed by atoms with Gasteiger partial charge in [-0.1, -0.05) is 0 Å². The minimum Gasteiger partial charge on any atom is -0.443 e. The van der Waals surface area contributed by atoms with Crippen molar-refractivity contribution in [3.05, 3.63) is 22.3 Å². The van der Waals surface area contributed by atoms with E-state index in [0.717, 1.165) is 8.96 Å². The monoisotopic (exact) mass is 345 g/mol. The molecule has 0 unspecified atom stereocenters. The molecule has 6 heteroatoms. The molecular formula is C11H12IN3O2. The zero-order chi connectivity index (χ0) is 12.6. The number of aromatic nitrogens is 3. The third kappa shape index (κ3) is 2.56. The Morgan fingerprint density at radius 1 is 1.47 bits per heavy atom. The van der Waals surface area contributed by atoms with Crippen LogP contribution in [0.1, 0.15) is 20.8 Å². The summed E-state index contributed by atoms with van der Waals surface area (Å²) >= 11 is 2.14. The minimum atomic E-state index is -0.522. The highest BCUT2D eigenvalue weighted by Gasteiger charge is 2.20. The highest BCUT2D eigenvalue weighted by Crippen LogP contribution is 2.21. The lowest BCUT2D eigenvalue weighted by molar-refractivity contribution is 0.0543. The van der Waals surface area contributed by atoms with Gasteiger partial charge in [0.15, 0.2) is 5.65 Å². The Hall–Kier alpha value is -1.18. The number of halogens is 1. The van der Waals surface area contributed by atoms with Crippen LogP contribution in [0, 0.1) is 3.57 Å². The summed E-state index contributed by atoms with van der Waals surface area (Å²) in [7, 11) is 0. The van der Waals surface area contributed by atoms with E-state index in [2.05, 4.69) is 32.6 Å². The lowest BCUT2D eigenvalue weighted by Crippen LogP contribution is -2.26. The first-order chi connectivity index (χ1) is 7.88. The van der Waals surface area contributed by atoms with Gasteiger partial charge in [-0.3, -0.25) is 0 Å². The van der Waals surface area contributed by atoms with E-state index in [1.807, 2.05) is 20.8 Å². The summed E-state index contributed by atoms with van der Waals surface area (Å²) in [5.41, 5.74) is 0.0465. The Labute approximate surface area is 112 Å². The maximum absolute atomic E-state index is 12.0. The number of carbonyl (C=O) groups excluding carboxylic acids is 1. The van der Waals surface area contributed by atoms with Crippen LogP contribution >= 0.6 is 22.6 Å². The van der Waals surface area contributed by atoms with Gasteiger partial charge in [0, 0.05) is 16.0 Å². The largest absolute Gasteiger partial charge is 0.443 e. The predicted molar refractivity (Wildman–Crippen MR) is 71.9 cm³/mol. The van der Waals surface area contributed by atoms with Crippen LogP contribution in [-0.2, 0) is 4.74 Å². The molecule has 0 radical (unpaired) electrons. The molecule has 0 aliphatic heterocycles. The SMILES string of the molecule is CC(C)(C)OC(=O)n1cc(I)c2cncnc21. The lowest BCUT2D eigenvalue weighted by atomic mass is 10.2. The fraction of sp³-hybridized carbons (Fsp3) is 0.364. The fourth-order valence-corrected chi connectivity index (χ4v) is 2.04. The average molecular weight is 345 g/mol. The van der Waals surface area contributed by atoms with E-state index >= 15 is 0 Å². The van der Waals surface area contributed by atoms with Crippen LogP contribution in [0.3, 0.4) is 0 Å². The summed E-state index contributed by atoms with van der Waals surface area (Å²) < 4.78 is 7.63. The summed E-state index contributed by atoms with van der Waals surface area (Å²) in [6.45, 7) is 5.49. The molecule has 0 spiro atoms. The molecule has 0 bridgehead atoms. The maximum atomic E-state index is 12.0. The molecule has 17 heavy (non-hydrogen) atoms. The number of ether oxygens (including phenoxy) is 1. The smallest absolute Gasteiger partial charge is 0.420 e. The van der Waals surface area contributed by atoms with E-state index in [-0.39, 0.29) is 0 Å². The van der Waals surface area contributed by atoms with Crippen molar-refractivity contribution in [3.8, 4) is 0 Å². The van der Waals surface area contributed by atoms with E-state index in [1.165, 1.54) is 10.9 Å². The molecule has 0 fully saturated rings. The van der Waals surface area contributed by atoms with Crippen LogP contribution < -0.4 is 0 Å².